The van der Waals surface area contributed by atoms with Crippen LogP contribution in [0, 0.1) is 17.8 Å². The molecule has 5 rings (SSSR count). The minimum atomic E-state index is -0.343. The van der Waals surface area contributed by atoms with Crippen LogP contribution in [0.3, 0.4) is 0 Å². The van der Waals surface area contributed by atoms with Gasteiger partial charge in [0.1, 0.15) is 12.2 Å². The van der Waals surface area contributed by atoms with Gasteiger partial charge in [-0.2, -0.15) is 0 Å². The van der Waals surface area contributed by atoms with Crippen molar-refractivity contribution in [2.24, 2.45) is 5.92 Å². The maximum atomic E-state index is 13.0. The normalized spacial score (nSPS) is 14.5. The number of hydrogen-bond donors (Lipinski definition) is 2. The molecule has 2 aromatic heterocycles. The number of aryl methyl sites for hydroxylation is 1. The number of fused-ring (bicyclic) bond motifs is 3. The molecule has 34 heavy (non-hydrogen) atoms. The number of aromatic nitrogens is 6. The zero-order valence-corrected chi connectivity index (χ0v) is 19.1. The molecule has 0 spiro atoms. The number of nitrogens with one attached hydrogen (secondary N) is 2. The maximum absolute atomic E-state index is 13.0. The van der Waals surface area contributed by atoms with Crippen LogP contribution >= 0.6 is 0 Å². The summed E-state index contributed by atoms with van der Waals surface area (Å²) in [5.74, 6) is 7.83. The SMILES string of the molecule is CC(C)C#Cc1ccc2c(c1)-n1cnnc1C(NC(=O)c1n[nH]c(Cc3ccccc3)n1)CC2. The van der Waals surface area contributed by atoms with Crippen LogP contribution < -0.4 is 5.32 Å². The Bertz CT molecular complexity index is 1370. The first kappa shape index (κ1) is 21.6. The fourth-order valence-corrected chi connectivity index (χ4v) is 4.03. The molecule has 1 amide bonds. The van der Waals surface area contributed by atoms with Crippen molar-refractivity contribution in [1.82, 2.24) is 35.3 Å². The first-order valence-electron chi connectivity index (χ1n) is 11.4. The molecule has 8 heteroatoms. The van der Waals surface area contributed by atoms with Gasteiger partial charge in [-0.05, 0) is 36.1 Å². The van der Waals surface area contributed by atoms with Gasteiger partial charge in [0.25, 0.3) is 5.91 Å². The van der Waals surface area contributed by atoms with E-state index in [0.29, 0.717) is 30.4 Å². The summed E-state index contributed by atoms with van der Waals surface area (Å²) in [6.45, 7) is 4.14. The predicted molar refractivity (Wildman–Crippen MR) is 127 cm³/mol. The molecule has 4 aromatic rings. The summed E-state index contributed by atoms with van der Waals surface area (Å²) >= 11 is 0. The second-order valence-corrected chi connectivity index (χ2v) is 8.66. The van der Waals surface area contributed by atoms with Crippen molar-refractivity contribution in [1.29, 1.82) is 0 Å². The van der Waals surface area contributed by atoms with Crippen molar-refractivity contribution < 1.29 is 4.79 Å². The fourth-order valence-electron chi connectivity index (χ4n) is 4.03. The molecule has 0 fully saturated rings. The second kappa shape index (κ2) is 9.32. The Hall–Kier alpha value is -4.25. The number of nitrogens with zero attached hydrogens (tertiary/aromatic N) is 5. The Kier molecular flexibility index (Phi) is 5.91. The van der Waals surface area contributed by atoms with Gasteiger partial charge in [0, 0.05) is 17.9 Å². The predicted octanol–water partition coefficient (Wildman–Crippen LogP) is 3.40. The average molecular weight is 452 g/mol. The maximum Gasteiger partial charge on any atom is 0.291 e. The van der Waals surface area contributed by atoms with Crippen LogP contribution in [0.5, 0.6) is 0 Å². The summed E-state index contributed by atoms with van der Waals surface area (Å²) in [6, 6.07) is 15.8. The van der Waals surface area contributed by atoms with Crippen LogP contribution in [0.1, 0.15) is 65.3 Å². The molecule has 0 bridgehead atoms. The molecule has 1 unspecified atom stereocenters. The molecular weight excluding hydrogens is 426 g/mol. The van der Waals surface area contributed by atoms with Gasteiger partial charge < -0.3 is 5.32 Å². The number of rotatable bonds is 4. The van der Waals surface area contributed by atoms with Gasteiger partial charge in [-0.15, -0.1) is 15.3 Å². The van der Waals surface area contributed by atoms with Crippen LogP contribution in [0.25, 0.3) is 5.69 Å². The number of hydrogen-bond acceptors (Lipinski definition) is 5. The van der Waals surface area contributed by atoms with Gasteiger partial charge in [0.15, 0.2) is 5.82 Å². The lowest BCUT2D eigenvalue weighted by Crippen LogP contribution is -2.31. The second-order valence-electron chi connectivity index (χ2n) is 8.66. The van der Waals surface area contributed by atoms with Crippen molar-refractivity contribution in [3.63, 3.8) is 0 Å². The summed E-state index contributed by atoms with van der Waals surface area (Å²) in [7, 11) is 0. The zero-order chi connectivity index (χ0) is 23.5. The summed E-state index contributed by atoms with van der Waals surface area (Å²) in [5, 5.41) is 18.5. The first-order chi connectivity index (χ1) is 16.6. The number of H-pyrrole nitrogens is 1. The van der Waals surface area contributed by atoms with Gasteiger partial charge >= 0.3 is 0 Å². The van der Waals surface area contributed by atoms with E-state index >= 15 is 0 Å². The van der Waals surface area contributed by atoms with Crippen molar-refractivity contribution in [3.8, 4) is 17.5 Å². The Morgan fingerprint density at radius 3 is 2.91 bits per heavy atom. The van der Waals surface area contributed by atoms with Gasteiger partial charge in [-0.3, -0.25) is 14.5 Å². The van der Waals surface area contributed by atoms with Gasteiger partial charge in [0.05, 0.1) is 11.7 Å². The lowest BCUT2D eigenvalue weighted by Gasteiger charge is -2.14. The van der Waals surface area contributed by atoms with Crippen LogP contribution in [-0.4, -0.2) is 35.9 Å². The highest BCUT2D eigenvalue weighted by Gasteiger charge is 2.27. The first-order valence-corrected chi connectivity index (χ1v) is 11.4. The van der Waals surface area contributed by atoms with Gasteiger partial charge in [-0.1, -0.05) is 62.1 Å². The fraction of sp³-hybridized carbons (Fsp3) is 0.269. The molecule has 0 saturated heterocycles. The van der Waals surface area contributed by atoms with E-state index in [9.17, 15) is 4.79 Å². The third kappa shape index (κ3) is 4.59. The van der Waals surface area contributed by atoms with E-state index < -0.39 is 0 Å². The van der Waals surface area contributed by atoms with Crippen molar-refractivity contribution in [3.05, 3.63) is 89.0 Å². The van der Waals surface area contributed by atoms with E-state index in [1.165, 1.54) is 0 Å². The quantitative estimate of drug-likeness (QED) is 0.463. The molecule has 1 aliphatic heterocycles. The third-order valence-electron chi connectivity index (χ3n) is 5.69. The molecule has 2 N–H and O–H groups in total. The zero-order valence-electron chi connectivity index (χ0n) is 19.1. The number of carbonyl (C=O) groups is 1. The van der Waals surface area contributed by atoms with Crippen LogP contribution in [0.4, 0.5) is 0 Å². The molecule has 0 radical (unpaired) electrons. The van der Waals surface area contributed by atoms with E-state index in [4.69, 9.17) is 0 Å². The summed E-state index contributed by atoms with van der Waals surface area (Å²) < 4.78 is 1.94. The van der Waals surface area contributed by atoms with E-state index in [1.54, 1.807) is 6.33 Å². The summed E-state index contributed by atoms with van der Waals surface area (Å²) in [5.41, 5.74) is 4.20. The molecular formula is C26H25N7O. The molecule has 3 heterocycles. The van der Waals surface area contributed by atoms with E-state index in [0.717, 1.165) is 28.8 Å². The van der Waals surface area contributed by atoms with Crippen molar-refractivity contribution in [2.45, 2.75) is 39.2 Å². The lowest BCUT2D eigenvalue weighted by molar-refractivity contribution is 0.0922. The van der Waals surface area contributed by atoms with Crippen LogP contribution in [0.2, 0.25) is 0 Å². The van der Waals surface area contributed by atoms with E-state index in [2.05, 4.69) is 68.5 Å². The monoisotopic (exact) mass is 451 g/mol. The molecule has 2 aromatic carbocycles. The average Bonchev–Trinajstić information content (AvgIpc) is 3.49. The molecule has 8 nitrogen and oxygen atoms in total. The molecule has 170 valence electrons. The minimum absolute atomic E-state index is 0.116. The number of carbonyl (C=O) groups excluding carboxylic acids is 1. The summed E-state index contributed by atoms with van der Waals surface area (Å²) in [4.78, 5) is 17.4. The standard InChI is InChI=1S/C26H25N7O/c1-17(2)8-9-19-10-11-20-12-13-21(25-32-27-16-33(25)22(20)14-19)28-26(34)24-29-23(30-31-24)15-18-6-4-3-5-7-18/h3-7,10-11,14,16-17,21H,12-13,15H2,1-2H3,(H,28,34)(H,29,30,31). The topological polar surface area (TPSA) is 101 Å². The Balaban J connectivity index is 1.35. The number of aromatic amines is 1. The van der Waals surface area contributed by atoms with Crippen LogP contribution in [0.15, 0.2) is 54.9 Å². The highest BCUT2D eigenvalue weighted by atomic mass is 16.2. The highest BCUT2D eigenvalue weighted by Crippen LogP contribution is 2.29. The Labute approximate surface area is 197 Å². The highest BCUT2D eigenvalue weighted by molar-refractivity contribution is 5.90. The minimum Gasteiger partial charge on any atom is -0.339 e. The number of benzene rings is 2. The third-order valence-corrected chi connectivity index (χ3v) is 5.69. The van der Waals surface area contributed by atoms with Crippen molar-refractivity contribution >= 4 is 5.91 Å². The van der Waals surface area contributed by atoms with Crippen molar-refractivity contribution in [2.75, 3.05) is 0 Å². The molecule has 0 saturated carbocycles. The molecule has 0 aliphatic carbocycles. The molecule has 1 aliphatic rings. The smallest absolute Gasteiger partial charge is 0.291 e. The Morgan fingerprint density at radius 1 is 1.24 bits per heavy atom. The molecule has 1 atom stereocenters. The van der Waals surface area contributed by atoms with Gasteiger partial charge in [-0.25, -0.2) is 4.98 Å². The van der Waals surface area contributed by atoms with E-state index in [-0.39, 0.29) is 17.8 Å². The van der Waals surface area contributed by atoms with Crippen LogP contribution in [-0.2, 0) is 12.8 Å². The number of amides is 1. The lowest BCUT2D eigenvalue weighted by atomic mass is 10.0. The van der Waals surface area contributed by atoms with E-state index in [1.807, 2.05) is 41.0 Å². The largest absolute Gasteiger partial charge is 0.339 e. The Morgan fingerprint density at radius 2 is 2.09 bits per heavy atom. The van der Waals surface area contributed by atoms with Gasteiger partial charge in [0.2, 0.25) is 5.82 Å². The summed E-state index contributed by atoms with van der Waals surface area (Å²) in [6.07, 6.45) is 3.74.